The summed E-state index contributed by atoms with van der Waals surface area (Å²) in [6.07, 6.45) is 0.861. The molecule has 2 aromatic carbocycles. The van der Waals surface area contributed by atoms with Crippen molar-refractivity contribution < 1.29 is 4.79 Å². The molecule has 0 bridgehead atoms. The molecule has 0 spiro atoms. The van der Waals surface area contributed by atoms with Gasteiger partial charge in [-0.25, -0.2) is 0 Å². The van der Waals surface area contributed by atoms with Gasteiger partial charge in [-0.15, -0.1) is 0 Å². The van der Waals surface area contributed by atoms with Gasteiger partial charge in [0.05, 0.1) is 5.56 Å². The first-order valence-corrected chi connectivity index (χ1v) is 8.03. The van der Waals surface area contributed by atoms with E-state index in [1.807, 2.05) is 36.4 Å². The first kappa shape index (κ1) is 15.9. The van der Waals surface area contributed by atoms with Gasteiger partial charge < -0.3 is 5.32 Å². The van der Waals surface area contributed by atoms with Crippen molar-refractivity contribution in [3.63, 3.8) is 0 Å². The predicted octanol–water partition coefficient (Wildman–Crippen LogP) is 3.14. The van der Waals surface area contributed by atoms with E-state index in [2.05, 4.69) is 45.4 Å². The lowest BCUT2D eigenvalue weighted by molar-refractivity contribution is 0.0976. The molecule has 0 aromatic heterocycles. The topological polar surface area (TPSA) is 41.1 Å². The molecule has 21 heavy (non-hydrogen) atoms. The zero-order valence-electron chi connectivity index (χ0n) is 11.3. The molecule has 0 aliphatic heterocycles. The lowest BCUT2D eigenvalue weighted by Crippen LogP contribution is -2.40. The molecule has 0 heterocycles. The number of hydrogen-bond donors (Lipinski definition) is 2. The van der Waals surface area contributed by atoms with Gasteiger partial charge in [-0.05, 0) is 58.9 Å². The summed E-state index contributed by atoms with van der Waals surface area (Å²) in [4.78, 5) is 12.1. The van der Waals surface area contributed by atoms with Crippen LogP contribution in [-0.4, -0.2) is 17.6 Å². The van der Waals surface area contributed by atoms with E-state index >= 15 is 0 Å². The highest BCUT2D eigenvalue weighted by Gasteiger charge is 2.10. The van der Waals surface area contributed by atoms with Gasteiger partial charge in [0, 0.05) is 10.1 Å². The Bertz CT molecular complexity index is 631. The third-order valence-electron chi connectivity index (χ3n) is 2.89. The van der Waals surface area contributed by atoms with Crippen LogP contribution in [0.5, 0.6) is 0 Å². The fourth-order valence-electron chi connectivity index (χ4n) is 1.83. The van der Waals surface area contributed by atoms with Crippen LogP contribution in [0.4, 0.5) is 0 Å². The first-order chi connectivity index (χ1) is 10.2. The average molecular weight is 410 g/mol. The maximum absolute atomic E-state index is 12.1. The molecule has 0 aliphatic carbocycles. The zero-order valence-corrected chi connectivity index (χ0v) is 14.3. The zero-order chi connectivity index (χ0) is 15.1. The Kier molecular flexibility index (Phi) is 6.13. The fourth-order valence-corrected chi connectivity index (χ4v) is 2.65. The molecule has 0 saturated heterocycles. The number of hydrogen-bond acceptors (Lipinski definition) is 2. The van der Waals surface area contributed by atoms with E-state index in [1.165, 1.54) is 5.56 Å². The monoisotopic (exact) mass is 410 g/mol. The maximum atomic E-state index is 12.1. The number of nitrogens with one attached hydrogen (secondary N) is 2. The van der Waals surface area contributed by atoms with E-state index in [-0.39, 0.29) is 5.91 Å². The van der Waals surface area contributed by atoms with Crippen LogP contribution in [0.3, 0.4) is 0 Å². The Balaban J connectivity index is 1.80. The summed E-state index contributed by atoms with van der Waals surface area (Å²) in [5, 5.41) is 6.11. The summed E-state index contributed by atoms with van der Waals surface area (Å²) in [5.41, 5.74) is 1.86. The number of benzene rings is 2. The van der Waals surface area contributed by atoms with E-state index in [0.29, 0.717) is 17.2 Å². The van der Waals surface area contributed by atoms with Gasteiger partial charge in [-0.3, -0.25) is 10.1 Å². The van der Waals surface area contributed by atoms with E-state index in [0.717, 1.165) is 9.99 Å². The number of thiocarbonyl (C=S) groups is 1. The minimum atomic E-state index is -0.183. The Hall–Kier alpha value is -1.47. The van der Waals surface area contributed by atoms with E-state index in [1.54, 1.807) is 6.07 Å². The summed E-state index contributed by atoms with van der Waals surface area (Å²) in [6, 6.07) is 17.5. The Labute approximate surface area is 143 Å². The maximum Gasteiger partial charge on any atom is 0.258 e. The second-order valence-corrected chi connectivity index (χ2v) is 6.00. The molecule has 108 valence electrons. The molecule has 1 amide bonds. The minimum Gasteiger partial charge on any atom is -0.362 e. The molecule has 2 aromatic rings. The molecule has 0 radical (unpaired) electrons. The Morgan fingerprint density at radius 1 is 1.05 bits per heavy atom. The van der Waals surface area contributed by atoms with Crippen LogP contribution in [0.15, 0.2) is 54.6 Å². The van der Waals surface area contributed by atoms with E-state index in [9.17, 15) is 4.79 Å². The summed E-state index contributed by atoms with van der Waals surface area (Å²) in [5.74, 6) is -0.183. The van der Waals surface area contributed by atoms with Gasteiger partial charge in [0.1, 0.15) is 0 Å². The van der Waals surface area contributed by atoms with Crippen LogP contribution in [0.25, 0.3) is 0 Å². The summed E-state index contributed by atoms with van der Waals surface area (Å²) in [7, 11) is 0. The van der Waals surface area contributed by atoms with Gasteiger partial charge >= 0.3 is 0 Å². The normalized spacial score (nSPS) is 9.95. The molecule has 2 N–H and O–H groups in total. The predicted molar refractivity (Wildman–Crippen MR) is 97.4 cm³/mol. The van der Waals surface area contributed by atoms with Crippen molar-refractivity contribution in [2.24, 2.45) is 0 Å². The van der Waals surface area contributed by atoms with Crippen molar-refractivity contribution in [2.45, 2.75) is 6.42 Å². The lowest BCUT2D eigenvalue weighted by atomic mass is 10.1. The minimum absolute atomic E-state index is 0.183. The molecule has 0 unspecified atom stereocenters. The van der Waals surface area contributed by atoms with Crippen molar-refractivity contribution >= 4 is 45.8 Å². The highest BCUT2D eigenvalue weighted by atomic mass is 127. The Morgan fingerprint density at radius 3 is 2.43 bits per heavy atom. The van der Waals surface area contributed by atoms with Crippen molar-refractivity contribution in [3.8, 4) is 0 Å². The molecule has 2 rings (SSSR count). The Morgan fingerprint density at radius 2 is 1.71 bits per heavy atom. The molecular weight excluding hydrogens is 395 g/mol. The fraction of sp³-hybridized carbons (Fsp3) is 0.125. The van der Waals surface area contributed by atoms with Gasteiger partial charge in [-0.1, -0.05) is 42.5 Å². The van der Waals surface area contributed by atoms with Crippen molar-refractivity contribution in [1.29, 1.82) is 0 Å². The first-order valence-electron chi connectivity index (χ1n) is 6.54. The third kappa shape index (κ3) is 5.09. The molecule has 0 atom stereocenters. The van der Waals surface area contributed by atoms with Crippen LogP contribution in [0.2, 0.25) is 0 Å². The second-order valence-electron chi connectivity index (χ2n) is 4.43. The average Bonchev–Trinajstić information content (AvgIpc) is 2.48. The number of halogens is 1. The standard InChI is InChI=1S/C16H15IN2OS/c17-14-9-5-4-8-13(14)15(20)19-16(21)18-11-10-12-6-2-1-3-7-12/h1-9H,10-11H2,(H2,18,19,20,21). The largest absolute Gasteiger partial charge is 0.362 e. The van der Waals surface area contributed by atoms with Crippen LogP contribution in [0.1, 0.15) is 15.9 Å². The van der Waals surface area contributed by atoms with Crippen LogP contribution < -0.4 is 10.6 Å². The lowest BCUT2D eigenvalue weighted by Gasteiger charge is -2.10. The van der Waals surface area contributed by atoms with Gasteiger partial charge in [0.25, 0.3) is 5.91 Å². The van der Waals surface area contributed by atoms with Crippen LogP contribution >= 0.6 is 34.8 Å². The second kappa shape index (κ2) is 8.09. The molecular formula is C16H15IN2OS. The van der Waals surface area contributed by atoms with Crippen LogP contribution in [0, 0.1) is 3.57 Å². The third-order valence-corrected chi connectivity index (χ3v) is 4.07. The van der Waals surface area contributed by atoms with Gasteiger partial charge in [0.15, 0.2) is 5.11 Å². The molecule has 3 nitrogen and oxygen atoms in total. The van der Waals surface area contributed by atoms with E-state index in [4.69, 9.17) is 12.2 Å². The van der Waals surface area contributed by atoms with E-state index < -0.39 is 0 Å². The quantitative estimate of drug-likeness (QED) is 0.601. The highest BCUT2D eigenvalue weighted by Crippen LogP contribution is 2.10. The molecule has 0 aliphatic rings. The van der Waals surface area contributed by atoms with Crippen LogP contribution in [-0.2, 0) is 6.42 Å². The van der Waals surface area contributed by atoms with Gasteiger partial charge in [0.2, 0.25) is 0 Å². The number of rotatable bonds is 4. The van der Waals surface area contributed by atoms with Gasteiger partial charge in [-0.2, -0.15) is 0 Å². The highest BCUT2D eigenvalue weighted by molar-refractivity contribution is 14.1. The molecule has 5 heteroatoms. The molecule has 0 fully saturated rings. The number of amides is 1. The number of carbonyl (C=O) groups excluding carboxylic acids is 1. The SMILES string of the molecule is O=C(NC(=S)NCCc1ccccc1)c1ccccc1I. The number of carbonyl (C=O) groups is 1. The van der Waals surface area contributed by atoms with Crippen molar-refractivity contribution in [2.75, 3.05) is 6.54 Å². The summed E-state index contributed by atoms with van der Waals surface area (Å²) >= 11 is 7.28. The van der Waals surface area contributed by atoms with Crippen molar-refractivity contribution in [1.82, 2.24) is 10.6 Å². The molecule has 0 saturated carbocycles. The van der Waals surface area contributed by atoms with Crippen molar-refractivity contribution in [3.05, 3.63) is 69.3 Å². The summed E-state index contributed by atoms with van der Waals surface area (Å²) in [6.45, 7) is 0.689. The smallest absolute Gasteiger partial charge is 0.258 e. The summed E-state index contributed by atoms with van der Waals surface area (Å²) < 4.78 is 0.902.